The maximum absolute atomic E-state index is 9.26. The van der Waals surface area contributed by atoms with Gasteiger partial charge in [0.15, 0.2) is 0 Å². The highest BCUT2D eigenvalue weighted by Crippen LogP contribution is 2.34. The predicted octanol–water partition coefficient (Wildman–Crippen LogP) is 4.74. The van der Waals surface area contributed by atoms with Crippen molar-refractivity contribution in [2.75, 3.05) is 7.05 Å². The summed E-state index contributed by atoms with van der Waals surface area (Å²) in [6.45, 7) is 0.742. The van der Waals surface area contributed by atoms with Crippen molar-refractivity contribution in [3.05, 3.63) is 57.6 Å². The molecule has 2 rings (SSSR count). The van der Waals surface area contributed by atoms with Gasteiger partial charge in [-0.1, -0.05) is 41.0 Å². The molecule has 0 aliphatic carbocycles. The standard InChI is InChI=1S/C15H12Cl2N2S/c1-19-9-10-2-5-15(11(6-10)8-18)20-12-3-4-13(16)14(17)7-12/h2-7,19H,9H2,1H3. The van der Waals surface area contributed by atoms with Gasteiger partial charge < -0.3 is 5.32 Å². The molecule has 5 heteroatoms. The average molecular weight is 323 g/mol. The van der Waals surface area contributed by atoms with Crippen LogP contribution in [-0.2, 0) is 6.54 Å². The first-order valence-corrected chi connectivity index (χ1v) is 7.52. The molecule has 102 valence electrons. The van der Waals surface area contributed by atoms with E-state index in [2.05, 4.69) is 11.4 Å². The Kier molecular flexibility index (Phi) is 5.33. The number of nitrogens with zero attached hydrogens (tertiary/aromatic N) is 1. The van der Waals surface area contributed by atoms with Crippen LogP contribution in [0.15, 0.2) is 46.2 Å². The topological polar surface area (TPSA) is 35.8 Å². The number of halogens is 2. The van der Waals surface area contributed by atoms with Crippen molar-refractivity contribution >= 4 is 35.0 Å². The van der Waals surface area contributed by atoms with Crippen LogP contribution < -0.4 is 5.32 Å². The summed E-state index contributed by atoms with van der Waals surface area (Å²) in [6.07, 6.45) is 0. The third kappa shape index (κ3) is 3.68. The second-order valence-corrected chi connectivity index (χ2v) is 6.08. The van der Waals surface area contributed by atoms with Crippen LogP contribution in [0.3, 0.4) is 0 Å². The number of rotatable bonds is 4. The fourth-order valence-corrected chi connectivity index (χ4v) is 3.02. The van der Waals surface area contributed by atoms with Crippen molar-refractivity contribution in [2.45, 2.75) is 16.3 Å². The Bertz CT molecular complexity index is 665. The molecule has 0 heterocycles. The highest BCUT2D eigenvalue weighted by molar-refractivity contribution is 7.99. The van der Waals surface area contributed by atoms with Crippen molar-refractivity contribution in [3.63, 3.8) is 0 Å². The van der Waals surface area contributed by atoms with E-state index in [4.69, 9.17) is 23.2 Å². The summed E-state index contributed by atoms with van der Waals surface area (Å²) in [5, 5.41) is 13.4. The molecular weight excluding hydrogens is 311 g/mol. The summed E-state index contributed by atoms with van der Waals surface area (Å²) < 4.78 is 0. The molecule has 0 aliphatic heterocycles. The monoisotopic (exact) mass is 322 g/mol. The SMILES string of the molecule is CNCc1ccc(Sc2ccc(Cl)c(Cl)c2)c(C#N)c1. The zero-order valence-electron chi connectivity index (χ0n) is 10.8. The van der Waals surface area contributed by atoms with Crippen LogP contribution >= 0.6 is 35.0 Å². The van der Waals surface area contributed by atoms with Crippen molar-refractivity contribution in [1.29, 1.82) is 5.26 Å². The van der Waals surface area contributed by atoms with E-state index in [-0.39, 0.29) is 0 Å². The summed E-state index contributed by atoms with van der Waals surface area (Å²) in [7, 11) is 1.88. The molecule has 0 radical (unpaired) electrons. The van der Waals surface area contributed by atoms with Gasteiger partial charge in [-0.2, -0.15) is 5.26 Å². The highest BCUT2D eigenvalue weighted by Gasteiger charge is 2.07. The molecule has 2 nitrogen and oxygen atoms in total. The first-order valence-electron chi connectivity index (χ1n) is 5.94. The van der Waals surface area contributed by atoms with E-state index in [1.807, 2.05) is 31.3 Å². The number of nitrogens with one attached hydrogen (secondary N) is 1. The number of benzene rings is 2. The second-order valence-electron chi connectivity index (χ2n) is 4.15. The largest absolute Gasteiger partial charge is 0.316 e. The Hall–Kier alpha value is -1.18. The van der Waals surface area contributed by atoms with Crippen LogP contribution in [0.25, 0.3) is 0 Å². The second kappa shape index (κ2) is 7.01. The molecule has 20 heavy (non-hydrogen) atoms. The third-order valence-corrected chi connectivity index (χ3v) is 4.47. The molecule has 0 fully saturated rings. The molecule has 0 aliphatic rings. The molecule has 0 atom stereocenters. The van der Waals surface area contributed by atoms with Gasteiger partial charge in [0.25, 0.3) is 0 Å². The molecule has 0 saturated heterocycles. The van der Waals surface area contributed by atoms with Gasteiger partial charge in [0, 0.05) is 16.3 Å². The van der Waals surface area contributed by atoms with E-state index in [1.54, 1.807) is 12.1 Å². The van der Waals surface area contributed by atoms with Crippen LogP contribution in [0.1, 0.15) is 11.1 Å². The molecule has 0 spiro atoms. The Morgan fingerprint density at radius 1 is 1.15 bits per heavy atom. The minimum atomic E-state index is 0.516. The Labute approximate surface area is 132 Å². The fraction of sp³-hybridized carbons (Fsp3) is 0.133. The lowest BCUT2D eigenvalue weighted by Gasteiger charge is -2.07. The summed E-state index contributed by atoms with van der Waals surface area (Å²) in [5.74, 6) is 0. The quantitative estimate of drug-likeness (QED) is 0.883. The van der Waals surface area contributed by atoms with E-state index in [0.29, 0.717) is 15.6 Å². The maximum atomic E-state index is 9.26. The molecular formula is C15H12Cl2N2S. The third-order valence-electron chi connectivity index (χ3n) is 2.66. The number of hydrogen-bond acceptors (Lipinski definition) is 3. The molecule has 2 aromatic carbocycles. The summed E-state index contributed by atoms with van der Waals surface area (Å²) in [4.78, 5) is 1.86. The van der Waals surface area contributed by atoms with E-state index in [1.165, 1.54) is 11.8 Å². The van der Waals surface area contributed by atoms with Crippen LogP contribution in [0, 0.1) is 11.3 Å². The van der Waals surface area contributed by atoms with E-state index in [9.17, 15) is 5.26 Å². The predicted molar refractivity (Wildman–Crippen MR) is 84.5 cm³/mol. The minimum absolute atomic E-state index is 0.516. The lowest BCUT2D eigenvalue weighted by atomic mass is 10.1. The normalized spacial score (nSPS) is 10.3. The van der Waals surface area contributed by atoms with Gasteiger partial charge in [0.1, 0.15) is 6.07 Å². The van der Waals surface area contributed by atoms with Gasteiger partial charge in [-0.25, -0.2) is 0 Å². The Balaban J connectivity index is 2.28. The molecule has 0 saturated carbocycles. The van der Waals surface area contributed by atoms with Gasteiger partial charge in [0.2, 0.25) is 0 Å². The average Bonchev–Trinajstić information content (AvgIpc) is 2.45. The van der Waals surface area contributed by atoms with Gasteiger partial charge in [-0.15, -0.1) is 0 Å². The Morgan fingerprint density at radius 2 is 1.95 bits per heavy atom. The van der Waals surface area contributed by atoms with E-state index in [0.717, 1.165) is 21.9 Å². The van der Waals surface area contributed by atoms with Gasteiger partial charge in [-0.05, 0) is 42.9 Å². The lowest BCUT2D eigenvalue weighted by Crippen LogP contribution is -2.05. The summed E-state index contributed by atoms with van der Waals surface area (Å²) in [6, 6.07) is 13.6. The zero-order chi connectivity index (χ0) is 14.5. The van der Waals surface area contributed by atoms with Crippen molar-refractivity contribution < 1.29 is 0 Å². The fourth-order valence-electron chi connectivity index (χ4n) is 1.73. The van der Waals surface area contributed by atoms with Crippen molar-refractivity contribution in [3.8, 4) is 6.07 Å². The lowest BCUT2D eigenvalue weighted by molar-refractivity contribution is 0.816. The molecule has 0 aromatic heterocycles. The number of hydrogen-bond donors (Lipinski definition) is 1. The molecule has 0 unspecified atom stereocenters. The first kappa shape index (κ1) is 15.2. The van der Waals surface area contributed by atoms with Crippen LogP contribution in [0.4, 0.5) is 0 Å². The van der Waals surface area contributed by atoms with Crippen LogP contribution in [-0.4, -0.2) is 7.05 Å². The van der Waals surface area contributed by atoms with Crippen LogP contribution in [0.2, 0.25) is 10.0 Å². The Morgan fingerprint density at radius 3 is 2.60 bits per heavy atom. The molecule has 0 amide bonds. The van der Waals surface area contributed by atoms with Gasteiger partial charge >= 0.3 is 0 Å². The summed E-state index contributed by atoms with van der Waals surface area (Å²) >= 11 is 13.4. The summed E-state index contributed by atoms with van der Waals surface area (Å²) in [5.41, 5.74) is 1.75. The van der Waals surface area contributed by atoms with Gasteiger partial charge in [-0.3, -0.25) is 0 Å². The molecule has 0 bridgehead atoms. The first-order chi connectivity index (χ1) is 9.63. The minimum Gasteiger partial charge on any atom is -0.316 e. The van der Waals surface area contributed by atoms with E-state index >= 15 is 0 Å². The zero-order valence-corrected chi connectivity index (χ0v) is 13.1. The van der Waals surface area contributed by atoms with Gasteiger partial charge in [0.05, 0.1) is 15.6 Å². The van der Waals surface area contributed by atoms with Crippen LogP contribution in [0.5, 0.6) is 0 Å². The van der Waals surface area contributed by atoms with E-state index < -0.39 is 0 Å². The molecule has 1 N–H and O–H groups in total. The number of nitriles is 1. The molecule has 2 aromatic rings. The van der Waals surface area contributed by atoms with Crippen molar-refractivity contribution in [2.24, 2.45) is 0 Å². The van der Waals surface area contributed by atoms with Crippen molar-refractivity contribution in [1.82, 2.24) is 5.32 Å². The highest BCUT2D eigenvalue weighted by atomic mass is 35.5. The maximum Gasteiger partial charge on any atom is 0.100 e. The smallest absolute Gasteiger partial charge is 0.100 e.